The van der Waals surface area contributed by atoms with Gasteiger partial charge in [-0.2, -0.15) is 5.10 Å². The zero-order chi connectivity index (χ0) is 22.6. The molecule has 2 heterocycles. The number of carbonyl (C=O) groups excluding carboxylic acids is 1. The third kappa shape index (κ3) is 4.40. The van der Waals surface area contributed by atoms with Crippen LogP contribution >= 0.6 is 0 Å². The minimum absolute atomic E-state index is 0.279. The summed E-state index contributed by atoms with van der Waals surface area (Å²) in [4.78, 5) is 21.6. The molecule has 8 heteroatoms. The molecule has 0 radical (unpaired) electrons. The van der Waals surface area contributed by atoms with Gasteiger partial charge in [0.05, 0.1) is 18.6 Å². The van der Waals surface area contributed by atoms with E-state index in [1.54, 1.807) is 53.7 Å². The molecule has 5 rings (SSSR count). The summed E-state index contributed by atoms with van der Waals surface area (Å²) in [7, 11) is 0. The van der Waals surface area contributed by atoms with Gasteiger partial charge in [0.25, 0.3) is 5.91 Å². The van der Waals surface area contributed by atoms with Gasteiger partial charge in [0, 0.05) is 11.1 Å². The second-order valence-corrected chi connectivity index (χ2v) is 7.40. The third-order valence-electron chi connectivity index (χ3n) is 5.20. The molecule has 1 N–H and O–H groups in total. The van der Waals surface area contributed by atoms with E-state index in [-0.39, 0.29) is 11.7 Å². The molecule has 0 unspecified atom stereocenters. The van der Waals surface area contributed by atoms with Crippen molar-refractivity contribution < 1.29 is 9.18 Å². The zero-order valence-corrected chi connectivity index (χ0v) is 17.5. The molecule has 162 valence electrons. The largest absolute Gasteiger partial charge is 0.312 e. The quantitative estimate of drug-likeness (QED) is 0.421. The number of rotatable bonds is 6. The predicted octanol–water partition coefficient (Wildman–Crippen LogP) is 4.57. The van der Waals surface area contributed by atoms with Crippen LogP contribution < -0.4 is 5.32 Å². The highest BCUT2D eigenvalue weighted by atomic mass is 19.1. The maximum Gasteiger partial charge on any atom is 0.256 e. The van der Waals surface area contributed by atoms with Crippen molar-refractivity contribution in [3.8, 4) is 16.9 Å². The van der Waals surface area contributed by atoms with Crippen molar-refractivity contribution in [2.24, 2.45) is 0 Å². The Labute approximate surface area is 189 Å². The molecule has 3 aromatic carbocycles. The molecular weight excluding hydrogens is 419 g/mol. The molecule has 0 spiro atoms. The molecule has 0 bridgehead atoms. The Morgan fingerprint density at radius 1 is 0.909 bits per heavy atom. The maximum absolute atomic E-state index is 13.5. The summed E-state index contributed by atoms with van der Waals surface area (Å²) in [6.07, 6.45) is 4.72. The lowest BCUT2D eigenvalue weighted by Crippen LogP contribution is -2.16. The zero-order valence-electron chi connectivity index (χ0n) is 17.5. The van der Waals surface area contributed by atoms with Crippen LogP contribution in [0.1, 0.15) is 15.9 Å². The Morgan fingerprint density at radius 2 is 1.67 bits per heavy atom. The van der Waals surface area contributed by atoms with Crippen LogP contribution in [0.4, 0.5) is 10.2 Å². The number of carbonyl (C=O) groups is 1. The standard InChI is InChI=1S/C25H19FN6O/c26-21-10-6-19(7-11-21)23-24(31(17-28-23)14-18-4-2-1-3-5-18)30-25(33)20-8-12-22(13-9-20)32-16-27-15-29-32/h1-13,15-17H,14H2,(H,30,33). The van der Waals surface area contributed by atoms with Crippen molar-refractivity contribution in [1.82, 2.24) is 24.3 Å². The number of nitrogens with one attached hydrogen (secondary N) is 1. The van der Waals surface area contributed by atoms with E-state index in [9.17, 15) is 9.18 Å². The van der Waals surface area contributed by atoms with Gasteiger partial charge in [0.2, 0.25) is 0 Å². The van der Waals surface area contributed by atoms with Crippen molar-refractivity contribution in [3.63, 3.8) is 0 Å². The summed E-state index contributed by atoms with van der Waals surface area (Å²) in [5.41, 5.74) is 3.62. The van der Waals surface area contributed by atoms with E-state index in [1.807, 2.05) is 34.9 Å². The van der Waals surface area contributed by atoms with Crippen LogP contribution in [0.15, 0.2) is 97.8 Å². The van der Waals surface area contributed by atoms with Gasteiger partial charge in [0.15, 0.2) is 0 Å². The predicted molar refractivity (Wildman–Crippen MR) is 122 cm³/mol. The van der Waals surface area contributed by atoms with Crippen molar-refractivity contribution in [1.29, 1.82) is 0 Å². The Balaban J connectivity index is 1.46. The fourth-order valence-corrected chi connectivity index (χ4v) is 3.52. The summed E-state index contributed by atoms with van der Waals surface area (Å²) in [5, 5.41) is 7.09. The molecule has 0 fully saturated rings. The van der Waals surface area contributed by atoms with Gasteiger partial charge in [-0.15, -0.1) is 0 Å². The molecule has 1 amide bonds. The highest BCUT2D eigenvalue weighted by Gasteiger charge is 2.17. The molecule has 0 aliphatic heterocycles. The van der Waals surface area contributed by atoms with Crippen LogP contribution in [0.3, 0.4) is 0 Å². The summed E-state index contributed by atoms with van der Waals surface area (Å²) < 4.78 is 16.9. The SMILES string of the molecule is O=C(Nc1c(-c2ccc(F)cc2)ncn1Cc1ccccc1)c1ccc(-n2cncn2)cc1. The van der Waals surface area contributed by atoms with Crippen LogP contribution in [0.5, 0.6) is 0 Å². The van der Waals surface area contributed by atoms with Crippen molar-refractivity contribution in [3.05, 3.63) is 115 Å². The molecule has 0 atom stereocenters. The molecule has 0 aliphatic rings. The molecule has 7 nitrogen and oxygen atoms in total. The highest BCUT2D eigenvalue weighted by molar-refractivity contribution is 6.05. The monoisotopic (exact) mass is 438 g/mol. The molecule has 33 heavy (non-hydrogen) atoms. The molecule has 0 aliphatic carbocycles. The first kappa shape index (κ1) is 20.3. The van der Waals surface area contributed by atoms with E-state index in [0.717, 1.165) is 11.3 Å². The number of imidazole rings is 1. The van der Waals surface area contributed by atoms with E-state index in [4.69, 9.17) is 0 Å². The van der Waals surface area contributed by atoms with Crippen LogP contribution in [0, 0.1) is 5.82 Å². The lowest BCUT2D eigenvalue weighted by Gasteiger charge is -2.12. The van der Waals surface area contributed by atoms with Crippen molar-refractivity contribution >= 4 is 11.7 Å². The van der Waals surface area contributed by atoms with Gasteiger partial charge in [-0.05, 0) is 54.1 Å². The highest BCUT2D eigenvalue weighted by Crippen LogP contribution is 2.28. The van der Waals surface area contributed by atoms with Crippen LogP contribution in [0.2, 0.25) is 0 Å². The number of anilines is 1. The van der Waals surface area contributed by atoms with Crippen LogP contribution in [-0.2, 0) is 6.54 Å². The molecule has 5 aromatic rings. The number of hydrogen-bond donors (Lipinski definition) is 1. The lowest BCUT2D eigenvalue weighted by atomic mass is 10.1. The second kappa shape index (κ2) is 8.88. The average molecular weight is 438 g/mol. The number of hydrogen-bond acceptors (Lipinski definition) is 4. The van der Waals surface area contributed by atoms with Gasteiger partial charge in [-0.1, -0.05) is 30.3 Å². The number of amides is 1. The minimum Gasteiger partial charge on any atom is -0.312 e. The maximum atomic E-state index is 13.5. The Kier molecular flexibility index (Phi) is 5.47. The minimum atomic E-state index is -0.333. The van der Waals surface area contributed by atoms with Crippen LogP contribution in [-0.4, -0.2) is 30.2 Å². The van der Waals surface area contributed by atoms with Crippen molar-refractivity contribution in [2.45, 2.75) is 6.54 Å². The topological polar surface area (TPSA) is 77.6 Å². The van der Waals surface area contributed by atoms with Gasteiger partial charge in [-0.3, -0.25) is 4.79 Å². The molecule has 2 aromatic heterocycles. The van der Waals surface area contributed by atoms with E-state index < -0.39 is 0 Å². The molecule has 0 saturated heterocycles. The number of aromatic nitrogens is 5. The van der Waals surface area contributed by atoms with Gasteiger partial charge in [0.1, 0.15) is 30.0 Å². The first-order valence-corrected chi connectivity index (χ1v) is 10.3. The summed E-state index contributed by atoms with van der Waals surface area (Å²) in [5.74, 6) is -0.0744. The van der Waals surface area contributed by atoms with E-state index in [1.165, 1.54) is 18.5 Å². The normalized spacial score (nSPS) is 10.8. The lowest BCUT2D eigenvalue weighted by molar-refractivity contribution is 0.102. The second-order valence-electron chi connectivity index (χ2n) is 7.40. The van der Waals surface area contributed by atoms with Crippen molar-refractivity contribution in [2.75, 3.05) is 5.32 Å². The summed E-state index contributed by atoms with van der Waals surface area (Å²) >= 11 is 0. The Hall–Kier alpha value is -4.59. The summed E-state index contributed by atoms with van der Waals surface area (Å²) in [6, 6.07) is 23.0. The van der Waals surface area contributed by atoms with Crippen LogP contribution in [0.25, 0.3) is 16.9 Å². The van der Waals surface area contributed by atoms with E-state index in [0.29, 0.717) is 29.2 Å². The number of benzene rings is 3. The molecular formula is C25H19FN6O. The van der Waals surface area contributed by atoms with E-state index >= 15 is 0 Å². The van der Waals surface area contributed by atoms with Gasteiger partial charge >= 0.3 is 0 Å². The summed E-state index contributed by atoms with van der Waals surface area (Å²) in [6.45, 7) is 0.524. The Bertz CT molecular complexity index is 1360. The first-order chi connectivity index (χ1) is 16.2. The average Bonchev–Trinajstić information content (AvgIpc) is 3.52. The first-order valence-electron chi connectivity index (χ1n) is 10.3. The molecule has 0 saturated carbocycles. The smallest absolute Gasteiger partial charge is 0.256 e. The third-order valence-corrected chi connectivity index (χ3v) is 5.20. The number of halogens is 1. The fourth-order valence-electron chi connectivity index (χ4n) is 3.52. The fraction of sp³-hybridized carbons (Fsp3) is 0.0400. The van der Waals surface area contributed by atoms with Gasteiger partial charge in [-0.25, -0.2) is 19.0 Å². The van der Waals surface area contributed by atoms with Gasteiger partial charge < -0.3 is 9.88 Å². The Morgan fingerprint density at radius 3 is 2.36 bits per heavy atom. The van der Waals surface area contributed by atoms with E-state index in [2.05, 4.69) is 20.4 Å². The number of nitrogens with zero attached hydrogens (tertiary/aromatic N) is 5.